The molecule has 0 atom stereocenters. The van der Waals surface area contributed by atoms with Gasteiger partial charge in [0.15, 0.2) is 0 Å². The number of nitrogens with one attached hydrogen (secondary N) is 1. The first kappa shape index (κ1) is 10.8. The number of benzene rings is 2. The summed E-state index contributed by atoms with van der Waals surface area (Å²) in [5.74, 6) is 0. The fourth-order valence-electron chi connectivity index (χ4n) is 2.17. The first-order valence-electron chi connectivity index (χ1n) is 5.96. The van der Waals surface area contributed by atoms with Crippen molar-refractivity contribution in [2.24, 2.45) is 0 Å². The highest BCUT2D eigenvalue weighted by Crippen LogP contribution is 2.28. The van der Waals surface area contributed by atoms with Crippen molar-refractivity contribution in [3.63, 3.8) is 0 Å². The molecule has 18 heavy (non-hydrogen) atoms. The van der Waals surface area contributed by atoms with Gasteiger partial charge in [-0.3, -0.25) is 5.10 Å². The van der Waals surface area contributed by atoms with Crippen LogP contribution in [-0.2, 0) is 0 Å². The van der Waals surface area contributed by atoms with Crippen LogP contribution in [0.15, 0.2) is 36.4 Å². The number of hydrogen-bond donors (Lipinski definition) is 2. The highest BCUT2D eigenvalue weighted by Gasteiger charge is 2.09. The highest BCUT2D eigenvalue weighted by molar-refractivity contribution is 5.89. The van der Waals surface area contributed by atoms with Crippen LogP contribution in [0.2, 0.25) is 0 Å². The summed E-state index contributed by atoms with van der Waals surface area (Å²) < 4.78 is 0. The number of aromatic nitrogens is 2. The standard InChI is InChI=1S/C15H15N3/c1-9-3-4-12-8-13(6-5-11(12)7-9)15-14(16)10(2)17-18-15/h3-8H,16H2,1-2H3,(H,17,18). The minimum atomic E-state index is 0.724. The molecule has 0 aliphatic rings. The lowest BCUT2D eigenvalue weighted by Gasteiger charge is -2.03. The van der Waals surface area contributed by atoms with Crippen LogP contribution >= 0.6 is 0 Å². The van der Waals surface area contributed by atoms with E-state index in [2.05, 4.69) is 53.5 Å². The van der Waals surface area contributed by atoms with E-state index >= 15 is 0 Å². The Morgan fingerprint density at radius 1 is 1.00 bits per heavy atom. The van der Waals surface area contributed by atoms with Gasteiger partial charge in [0.1, 0.15) is 5.69 Å². The van der Waals surface area contributed by atoms with Gasteiger partial charge in [-0.05, 0) is 30.7 Å². The molecule has 3 aromatic rings. The normalized spacial score (nSPS) is 11.0. The van der Waals surface area contributed by atoms with E-state index in [1.165, 1.54) is 16.3 Å². The molecule has 3 heteroatoms. The van der Waals surface area contributed by atoms with Gasteiger partial charge in [0.25, 0.3) is 0 Å². The number of aryl methyl sites for hydroxylation is 2. The maximum Gasteiger partial charge on any atom is 0.115 e. The van der Waals surface area contributed by atoms with Crippen molar-refractivity contribution >= 4 is 16.5 Å². The van der Waals surface area contributed by atoms with Crippen molar-refractivity contribution in [2.75, 3.05) is 5.73 Å². The van der Waals surface area contributed by atoms with Crippen molar-refractivity contribution in [1.82, 2.24) is 10.2 Å². The summed E-state index contributed by atoms with van der Waals surface area (Å²) in [7, 11) is 0. The molecule has 0 saturated heterocycles. The van der Waals surface area contributed by atoms with Crippen LogP contribution < -0.4 is 5.73 Å². The van der Waals surface area contributed by atoms with Crippen LogP contribution in [0.5, 0.6) is 0 Å². The van der Waals surface area contributed by atoms with Gasteiger partial charge in [-0.25, -0.2) is 0 Å². The van der Waals surface area contributed by atoms with Crippen LogP contribution in [0.3, 0.4) is 0 Å². The fraction of sp³-hybridized carbons (Fsp3) is 0.133. The molecule has 1 aromatic heterocycles. The first-order chi connectivity index (χ1) is 8.65. The Kier molecular flexibility index (Phi) is 2.33. The summed E-state index contributed by atoms with van der Waals surface area (Å²) in [6.45, 7) is 4.03. The number of fused-ring (bicyclic) bond motifs is 1. The molecule has 0 aliphatic carbocycles. The van der Waals surface area contributed by atoms with E-state index < -0.39 is 0 Å². The van der Waals surface area contributed by atoms with E-state index in [9.17, 15) is 0 Å². The summed E-state index contributed by atoms with van der Waals surface area (Å²) in [4.78, 5) is 0. The molecule has 0 aliphatic heterocycles. The molecule has 3 nitrogen and oxygen atoms in total. The Morgan fingerprint density at radius 3 is 2.44 bits per heavy atom. The Labute approximate surface area is 106 Å². The van der Waals surface area contributed by atoms with Crippen LogP contribution in [0.25, 0.3) is 22.0 Å². The van der Waals surface area contributed by atoms with Crippen molar-refractivity contribution in [3.05, 3.63) is 47.7 Å². The highest BCUT2D eigenvalue weighted by atomic mass is 15.1. The quantitative estimate of drug-likeness (QED) is 0.681. The topological polar surface area (TPSA) is 54.7 Å². The van der Waals surface area contributed by atoms with Gasteiger partial charge >= 0.3 is 0 Å². The van der Waals surface area contributed by atoms with E-state index in [1.54, 1.807) is 0 Å². The van der Waals surface area contributed by atoms with Crippen LogP contribution in [0.4, 0.5) is 5.69 Å². The second-order valence-electron chi connectivity index (χ2n) is 4.68. The van der Waals surface area contributed by atoms with Crippen LogP contribution in [-0.4, -0.2) is 10.2 Å². The smallest absolute Gasteiger partial charge is 0.115 e. The van der Waals surface area contributed by atoms with Crippen LogP contribution in [0.1, 0.15) is 11.3 Å². The van der Waals surface area contributed by atoms with Gasteiger partial charge in [0.05, 0.1) is 11.4 Å². The van der Waals surface area contributed by atoms with Gasteiger partial charge in [0, 0.05) is 5.56 Å². The van der Waals surface area contributed by atoms with Gasteiger partial charge in [-0.2, -0.15) is 5.10 Å². The number of nitrogen functional groups attached to an aromatic ring is 1. The SMILES string of the molecule is Cc1ccc2cc(-c3n[nH]c(C)c3N)ccc2c1. The molecule has 0 amide bonds. The average Bonchev–Trinajstić information content (AvgIpc) is 2.69. The summed E-state index contributed by atoms with van der Waals surface area (Å²) >= 11 is 0. The summed E-state index contributed by atoms with van der Waals surface area (Å²) in [6, 6.07) is 12.7. The van der Waals surface area contributed by atoms with E-state index in [-0.39, 0.29) is 0 Å². The van der Waals surface area contributed by atoms with Gasteiger partial charge in [-0.15, -0.1) is 0 Å². The minimum absolute atomic E-state index is 0.724. The number of nitrogens with two attached hydrogens (primary N) is 1. The Bertz CT molecular complexity index is 726. The molecule has 3 N–H and O–H groups in total. The molecule has 0 spiro atoms. The first-order valence-corrected chi connectivity index (χ1v) is 5.96. The number of aromatic amines is 1. The number of anilines is 1. The van der Waals surface area contributed by atoms with E-state index in [1.807, 2.05) is 6.92 Å². The second kappa shape index (κ2) is 3.88. The zero-order valence-electron chi connectivity index (χ0n) is 10.5. The van der Waals surface area contributed by atoms with Gasteiger partial charge in [-0.1, -0.05) is 35.9 Å². The summed E-state index contributed by atoms with van der Waals surface area (Å²) in [6.07, 6.45) is 0. The third kappa shape index (κ3) is 1.64. The monoisotopic (exact) mass is 237 g/mol. The van der Waals surface area contributed by atoms with Crippen molar-refractivity contribution < 1.29 is 0 Å². The summed E-state index contributed by atoms with van der Waals surface area (Å²) in [5.41, 5.74) is 10.8. The number of hydrogen-bond acceptors (Lipinski definition) is 2. The van der Waals surface area contributed by atoms with Gasteiger partial charge < -0.3 is 5.73 Å². The number of nitrogens with zero attached hydrogens (tertiary/aromatic N) is 1. The molecule has 2 aromatic carbocycles. The molecule has 0 radical (unpaired) electrons. The average molecular weight is 237 g/mol. The van der Waals surface area contributed by atoms with Crippen molar-refractivity contribution in [3.8, 4) is 11.3 Å². The fourth-order valence-corrected chi connectivity index (χ4v) is 2.17. The Hall–Kier alpha value is -2.29. The molecule has 0 saturated carbocycles. The lowest BCUT2D eigenvalue weighted by atomic mass is 10.0. The van der Waals surface area contributed by atoms with Crippen molar-refractivity contribution in [2.45, 2.75) is 13.8 Å². The van der Waals surface area contributed by atoms with E-state index in [4.69, 9.17) is 5.73 Å². The van der Waals surface area contributed by atoms with Crippen molar-refractivity contribution in [1.29, 1.82) is 0 Å². The van der Waals surface area contributed by atoms with E-state index in [0.717, 1.165) is 22.6 Å². The minimum Gasteiger partial charge on any atom is -0.395 e. The molecule has 0 unspecified atom stereocenters. The molecule has 0 bridgehead atoms. The lowest BCUT2D eigenvalue weighted by Crippen LogP contribution is -1.88. The molecule has 3 rings (SSSR count). The second-order valence-corrected chi connectivity index (χ2v) is 4.68. The predicted molar refractivity (Wildman–Crippen MR) is 75.4 cm³/mol. The van der Waals surface area contributed by atoms with Gasteiger partial charge in [0.2, 0.25) is 0 Å². The maximum atomic E-state index is 6.01. The zero-order chi connectivity index (χ0) is 12.7. The van der Waals surface area contributed by atoms with E-state index in [0.29, 0.717) is 0 Å². The molecule has 0 fully saturated rings. The Morgan fingerprint density at radius 2 is 1.72 bits per heavy atom. The number of rotatable bonds is 1. The molecular weight excluding hydrogens is 222 g/mol. The maximum absolute atomic E-state index is 6.01. The lowest BCUT2D eigenvalue weighted by molar-refractivity contribution is 1.05. The summed E-state index contributed by atoms with van der Waals surface area (Å²) in [5, 5.41) is 9.62. The largest absolute Gasteiger partial charge is 0.395 e. The van der Waals surface area contributed by atoms with Crippen LogP contribution in [0, 0.1) is 13.8 Å². The third-order valence-corrected chi connectivity index (χ3v) is 3.26. The third-order valence-electron chi connectivity index (χ3n) is 3.26. The predicted octanol–water partition coefficient (Wildman–Crippen LogP) is 3.43. The number of H-pyrrole nitrogens is 1. The molecule has 90 valence electrons. The molecular formula is C15H15N3. The Balaban J connectivity index is 2.19. The zero-order valence-corrected chi connectivity index (χ0v) is 10.5. The molecule has 1 heterocycles.